The lowest BCUT2D eigenvalue weighted by atomic mass is 10.0. The molecule has 0 fully saturated rings. The molecule has 0 aliphatic heterocycles. The van der Waals surface area contributed by atoms with Crippen LogP contribution in [-0.2, 0) is 13.5 Å². The number of rotatable bonds is 4. The van der Waals surface area contributed by atoms with Crippen molar-refractivity contribution in [2.45, 2.75) is 12.5 Å². The smallest absolute Gasteiger partial charge is 0.0637 e. The fourth-order valence-electron chi connectivity index (χ4n) is 1.85. The van der Waals surface area contributed by atoms with Crippen LogP contribution in [-0.4, -0.2) is 21.8 Å². The minimum atomic E-state index is 0.176. The van der Waals surface area contributed by atoms with Crippen molar-refractivity contribution in [2.75, 3.05) is 7.05 Å². The van der Waals surface area contributed by atoms with Crippen LogP contribution in [0.4, 0.5) is 0 Å². The van der Waals surface area contributed by atoms with E-state index in [0.29, 0.717) is 5.02 Å². The first-order valence-corrected chi connectivity index (χ1v) is 5.82. The van der Waals surface area contributed by atoms with E-state index in [4.69, 9.17) is 11.6 Å². The molecule has 1 unspecified atom stereocenters. The molecule has 0 bridgehead atoms. The Morgan fingerprint density at radius 2 is 2.29 bits per heavy atom. The zero-order valence-electron chi connectivity index (χ0n) is 9.89. The van der Waals surface area contributed by atoms with Gasteiger partial charge in [0.25, 0.3) is 0 Å². The quantitative estimate of drug-likeness (QED) is 0.902. The molecule has 1 atom stereocenters. The fourth-order valence-corrected chi connectivity index (χ4v) is 2.10. The van der Waals surface area contributed by atoms with Gasteiger partial charge in [-0.25, -0.2) is 0 Å². The van der Waals surface area contributed by atoms with Gasteiger partial charge >= 0.3 is 0 Å². The number of hydrogen-bond acceptors (Lipinski definition) is 3. The van der Waals surface area contributed by atoms with Crippen molar-refractivity contribution in [3.63, 3.8) is 0 Å². The molecule has 1 N–H and O–H groups in total. The highest BCUT2D eigenvalue weighted by atomic mass is 35.5. The first-order chi connectivity index (χ1) is 8.20. The molecular formula is C12H15ClN4. The second-order valence-electron chi connectivity index (χ2n) is 3.96. The molecule has 2 rings (SSSR count). The van der Waals surface area contributed by atoms with Gasteiger partial charge in [-0.3, -0.25) is 9.67 Å². The number of nitrogens with one attached hydrogen (secondary N) is 1. The van der Waals surface area contributed by atoms with E-state index in [9.17, 15) is 0 Å². The molecule has 90 valence electrons. The van der Waals surface area contributed by atoms with E-state index >= 15 is 0 Å². The number of hydrogen-bond donors (Lipinski definition) is 1. The summed E-state index contributed by atoms with van der Waals surface area (Å²) in [4.78, 5) is 4.00. The Morgan fingerprint density at radius 1 is 1.47 bits per heavy atom. The fraction of sp³-hybridized carbons (Fsp3) is 0.333. The van der Waals surface area contributed by atoms with Crippen LogP contribution in [0.2, 0.25) is 5.02 Å². The van der Waals surface area contributed by atoms with E-state index in [2.05, 4.69) is 15.4 Å². The van der Waals surface area contributed by atoms with Gasteiger partial charge in [0, 0.05) is 31.7 Å². The van der Waals surface area contributed by atoms with Crippen LogP contribution in [0.1, 0.15) is 17.2 Å². The molecule has 0 aliphatic rings. The lowest BCUT2D eigenvalue weighted by molar-refractivity contribution is 0.591. The van der Waals surface area contributed by atoms with Crippen molar-refractivity contribution in [2.24, 2.45) is 7.05 Å². The maximum atomic E-state index is 6.15. The Hall–Kier alpha value is -1.39. The summed E-state index contributed by atoms with van der Waals surface area (Å²) >= 11 is 6.15. The van der Waals surface area contributed by atoms with Gasteiger partial charge in [-0.15, -0.1) is 0 Å². The Bertz CT molecular complexity index is 495. The first-order valence-electron chi connectivity index (χ1n) is 5.45. The highest BCUT2D eigenvalue weighted by Crippen LogP contribution is 2.24. The third kappa shape index (κ3) is 2.84. The summed E-state index contributed by atoms with van der Waals surface area (Å²) in [6.45, 7) is 0. The molecule has 0 amide bonds. The van der Waals surface area contributed by atoms with Gasteiger partial charge in [-0.2, -0.15) is 5.10 Å². The molecule has 0 spiro atoms. The van der Waals surface area contributed by atoms with E-state index in [-0.39, 0.29) is 6.04 Å². The van der Waals surface area contributed by atoms with Crippen molar-refractivity contribution in [1.82, 2.24) is 20.1 Å². The van der Waals surface area contributed by atoms with E-state index in [1.807, 2.05) is 32.6 Å². The van der Waals surface area contributed by atoms with Crippen molar-refractivity contribution in [3.05, 3.63) is 47.0 Å². The Labute approximate surface area is 106 Å². The van der Waals surface area contributed by atoms with Crippen molar-refractivity contribution in [3.8, 4) is 0 Å². The average Bonchev–Trinajstić information content (AvgIpc) is 2.73. The molecule has 2 heterocycles. The maximum absolute atomic E-state index is 6.15. The first kappa shape index (κ1) is 12.1. The van der Waals surface area contributed by atoms with Crippen LogP contribution in [0.15, 0.2) is 30.9 Å². The summed E-state index contributed by atoms with van der Waals surface area (Å²) in [5, 5.41) is 8.12. The van der Waals surface area contributed by atoms with E-state index < -0.39 is 0 Å². The summed E-state index contributed by atoms with van der Waals surface area (Å²) in [7, 11) is 3.84. The van der Waals surface area contributed by atoms with Crippen molar-refractivity contribution >= 4 is 11.6 Å². The molecule has 4 nitrogen and oxygen atoms in total. The van der Waals surface area contributed by atoms with Gasteiger partial charge in [0.05, 0.1) is 11.2 Å². The minimum absolute atomic E-state index is 0.176. The predicted octanol–water partition coefficient (Wildman–Crippen LogP) is 1.97. The molecule has 5 heteroatoms. The number of pyridine rings is 1. The lowest BCUT2D eigenvalue weighted by Crippen LogP contribution is -2.19. The molecule has 2 aromatic heterocycles. The molecule has 0 saturated carbocycles. The largest absolute Gasteiger partial charge is 0.313 e. The summed E-state index contributed by atoms with van der Waals surface area (Å²) in [6.07, 6.45) is 8.17. The van der Waals surface area contributed by atoms with E-state index in [1.54, 1.807) is 17.1 Å². The van der Waals surface area contributed by atoms with Crippen molar-refractivity contribution in [1.29, 1.82) is 0 Å². The van der Waals surface area contributed by atoms with Gasteiger partial charge in [-0.1, -0.05) is 11.6 Å². The highest BCUT2D eigenvalue weighted by molar-refractivity contribution is 6.31. The van der Waals surface area contributed by atoms with Gasteiger partial charge in [0.15, 0.2) is 0 Å². The van der Waals surface area contributed by atoms with Crippen LogP contribution >= 0.6 is 11.6 Å². The monoisotopic (exact) mass is 250 g/mol. The molecular weight excluding hydrogens is 236 g/mol. The van der Waals surface area contributed by atoms with Crippen LogP contribution in [0.5, 0.6) is 0 Å². The zero-order valence-corrected chi connectivity index (χ0v) is 10.6. The average molecular weight is 251 g/mol. The second kappa shape index (κ2) is 5.29. The topological polar surface area (TPSA) is 42.7 Å². The van der Waals surface area contributed by atoms with Gasteiger partial charge in [0.1, 0.15) is 0 Å². The molecule has 17 heavy (non-hydrogen) atoms. The summed E-state index contributed by atoms with van der Waals surface area (Å²) in [5.74, 6) is 0. The predicted molar refractivity (Wildman–Crippen MR) is 68.0 cm³/mol. The standard InChI is InChI=1S/C12H15ClN4/c1-14-12(5-9-6-16-17(2)8-9)10-3-4-15-7-11(10)13/h3-4,6-8,12,14H,5H2,1-2H3. The highest BCUT2D eigenvalue weighted by Gasteiger charge is 2.14. The third-order valence-corrected chi connectivity index (χ3v) is 3.04. The van der Waals surface area contributed by atoms with E-state index in [1.165, 1.54) is 5.56 Å². The summed E-state index contributed by atoms with van der Waals surface area (Å²) in [6, 6.07) is 2.12. The van der Waals surface area contributed by atoms with Crippen molar-refractivity contribution < 1.29 is 0 Å². The number of aryl methyl sites for hydroxylation is 1. The van der Waals surface area contributed by atoms with Gasteiger partial charge in [0.2, 0.25) is 0 Å². The number of nitrogens with zero attached hydrogens (tertiary/aromatic N) is 3. The third-order valence-electron chi connectivity index (χ3n) is 2.73. The molecule has 0 radical (unpaired) electrons. The Kier molecular flexibility index (Phi) is 3.76. The van der Waals surface area contributed by atoms with Crippen LogP contribution in [0, 0.1) is 0 Å². The maximum Gasteiger partial charge on any atom is 0.0637 e. The number of likely N-dealkylation sites (N-methyl/N-ethyl adjacent to an activating group) is 1. The Morgan fingerprint density at radius 3 is 2.88 bits per heavy atom. The molecule has 2 aromatic rings. The minimum Gasteiger partial charge on any atom is -0.313 e. The molecule has 0 aliphatic carbocycles. The summed E-state index contributed by atoms with van der Waals surface area (Å²) in [5.41, 5.74) is 2.24. The van der Waals surface area contributed by atoms with Gasteiger partial charge in [-0.05, 0) is 30.7 Å². The molecule has 0 aromatic carbocycles. The molecule has 0 saturated heterocycles. The van der Waals surface area contributed by atoms with Crippen LogP contribution in [0.3, 0.4) is 0 Å². The zero-order chi connectivity index (χ0) is 12.3. The lowest BCUT2D eigenvalue weighted by Gasteiger charge is -2.16. The number of aromatic nitrogens is 3. The number of halogens is 1. The second-order valence-corrected chi connectivity index (χ2v) is 4.37. The van der Waals surface area contributed by atoms with Crippen LogP contribution < -0.4 is 5.32 Å². The summed E-state index contributed by atoms with van der Waals surface area (Å²) < 4.78 is 1.80. The Balaban J connectivity index is 2.20. The van der Waals surface area contributed by atoms with Gasteiger partial charge < -0.3 is 5.32 Å². The SMILES string of the molecule is CNC(Cc1cnn(C)c1)c1ccncc1Cl. The van der Waals surface area contributed by atoms with Crippen LogP contribution in [0.25, 0.3) is 0 Å². The van der Waals surface area contributed by atoms with E-state index in [0.717, 1.165) is 12.0 Å². The normalized spacial score (nSPS) is 12.6.